The highest BCUT2D eigenvalue weighted by atomic mass is 16.5. The lowest BCUT2D eigenvalue weighted by atomic mass is 9.87. The summed E-state index contributed by atoms with van der Waals surface area (Å²) < 4.78 is 5.06. The van der Waals surface area contributed by atoms with Crippen molar-refractivity contribution in [1.82, 2.24) is 14.9 Å². The van der Waals surface area contributed by atoms with Crippen LogP contribution >= 0.6 is 0 Å². The Kier molecular flexibility index (Phi) is 4.78. The molecule has 1 aromatic heterocycles. The molecule has 1 aromatic carbocycles. The lowest BCUT2D eigenvalue weighted by Crippen LogP contribution is -2.40. The molecule has 1 aliphatic carbocycles. The minimum atomic E-state index is 0.269. The van der Waals surface area contributed by atoms with E-state index in [0.717, 1.165) is 28.9 Å². The number of amides is 1. The van der Waals surface area contributed by atoms with E-state index in [-0.39, 0.29) is 5.91 Å². The maximum absolute atomic E-state index is 12.7. The number of hydrogen-bond donors (Lipinski definition) is 0. The zero-order valence-corrected chi connectivity index (χ0v) is 16.9. The van der Waals surface area contributed by atoms with Crippen LogP contribution in [0.4, 0.5) is 0 Å². The van der Waals surface area contributed by atoms with Crippen molar-refractivity contribution in [1.29, 1.82) is 0 Å². The van der Waals surface area contributed by atoms with Gasteiger partial charge in [0.2, 0.25) is 5.91 Å². The zero-order valence-electron chi connectivity index (χ0n) is 16.9. The van der Waals surface area contributed by atoms with E-state index in [2.05, 4.69) is 27.0 Å². The van der Waals surface area contributed by atoms with Gasteiger partial charge in [-0.05, 0) is 41.5 Å². The fourth-order valence-corrected chi connectivity index (χ4v) is 4.86. The maximum atomic E-state index is 12.7. The first-order valence-corrected chi connectivity index (χ1v) is 10.5. The summed E-state index contributed by atoms with van der Waals surface area (Å²) in [6.07, 6.45) is 10.5. The number of carbonyl (C=O) groups is 1. The number of aliphatic imine (C=N–C) groups is 1. The van der Waals surface area contributed by atoms with Gasteiger partial charge in [-0.3, -0.25) is 9.79 Å². The van der Waals surface area contributed by atoms with Crippen molar-refractivity contribution in [2.24, 2.45) is 10.9 Å². The molecule has 3 aliphatic rings. The number of aromatic nitrogens is 2. The SMILES string of the molecule is COc1ncc(C2=NCc3cc4c(cc32)CN(CC2CCCCC2)C(=O)C4)cn1. The third-order valence-corrected chi connectivity index (χ3v) is 6.43. The monoisotopic (exact) mass is 390 g/mol. The molecule has 29 heavy (non-hydrogen) atoms. The molecule has 5 rings (SSSR count). The van der Waals surface area contributed by atoms with E-state index in [1.54, 1.807) is 19.5 Å². The quantitative estimate of drug-likeness (QED) is 0.803. The average Bonchev–Trinajstić information content (AvgIpc) is 3.16. The summed E-state index contributed by atoms with van der Waals surface area (Å²) in [7, 11) is 1.56. The molecular weight excluding hydrogens is 364 g/mol. The Bertz CT molecular complexity index is 962. The fourth-order valence-electron chi connectivity index (χ4n) is 4.86. The lowest BCUT2D eigenvalue weighted by Gasteiger charge is -2.33. The summed E-state index contributed by atoms with van der Waals surface area (Å²) in [6.45, 7) is 2.26. The summed E-state index contributed by atoms with van der Waals surface area (Å²) in [5.74, 6) is 0.933. The molecule has 6 nitrogen and oxygen atoms in total. The summed E-state index contributed by atoms with van der Waals surface area (Å²) in [5, 5.41) is 0. The minimum Gasteiger partial charge on any atom is -0.467 e. The van der Waals surface area contributed by atoms with Crippen LogP contribution in [-0.4, -0.2) is 40.1 Å². The van der Waals surface area contributed by atoms with Gasteiger partial charge in [-0.1, -0.05) is 25.3 Å². The molecule has 6 heteroatoms. The zero-order chi connectivity index (χ0) is 19.8. The molecule has 0 radical (unpaired) electrons. The van der Waals surface area contributed by atoms with Gasteiger partial charge >= 0.3 is 6.01 Å². The van der Waals surface area contributed by atoms with Gasteiger partial charge in [0.1, 0.15) is 0 Å². The van der Waals surface area contributed by atoms with Gasteiger partial charge in [-0.2, -0.15) is 0 Å². The Morgan fingerprint density at radius 3 is 2.62 bits per heavy atom. The predicted molar refractivity (Wildman–Crippen MR) is 110 cm³/mol. The first kappa shape index (κ1) is 18.3. The Morgan fingerprint density at radius 1 is 1.07 bits per heavy atom. The van der Waals surface area contributed by atoms with Crippen LogP contribution < -0.4 is 4.74 Å². The molecule has 0 spiro atoms. The second-order valence-corrected chi connectivity index (χ2v) is 8.36. The van der Waals surface area contributed by atoms with Gasteiger partial charge in [0.25, 0.3) is 0 Å². The number of ether oxygens (including phenoxy) is 1. The van der Waals surface area contributed by atoms with Crippen molar-refractivity contribution in [2.45, 2.75) is 51.6 Å². The van der Waals surface area contributed by atoms with Crippen molar-refractivity contribution >= 4 is 11.6 Å². The molecular formula is C23H26N4O2. The Morgan fingerprint density at radius 2 is 1.86 bits per heavy atom. The molecule has 1 amide bonds. The van der Waals surface area contributed by atoms with E-state index in [1.165, 1.54) is 43.2 Å². The highest BCUT2D eigenvalue weighted by Gasteiger charge is 2.29. The first-order valence-electron chi connectivity index (χ1n) is 10.5. The maximum Gasteiger partial charge on any atom is 0.316 e. The van der Waals surface area contributed by atoms with Gasteiger partial charge in [0, 0.05) is 36.6 Å². The Labute approximate surface area is 171 Å². The van der Waals surface area contributed by atoms with Crippen molar-refractivity contribution in [3.8, 4) is 6.01 Å². The number of benzene rings is 1. The second kappa shape index (κ2) is 7.58. The van der Waals surface area contributed by atoms with Crippen molar-refractivity contribution in [2.75, 3.05) is 13.7 Å². The molecule has 3 heterocycles. The highest BCUT2D eigenvalue weighted by molar-refractivity contribution is 6.15. The van der Waals surface area contributed by atoms with E-state index in [1.807, 2.05) is 0 Å². The number of rotatable bonds is 4. The van der Waals surface area contributed by atoms with E-state index in [4.69, 9.17) is 9.73 Å². The molecule has 1 fully saturated rings. The van der Waals surface area contributed by atoms with Crippen LogP contribution in [0.5, 0.6) is 6.01 Å². The number of methoxy groups -OCH3 is 1. The first-order chi connectivity index (χ1) is 14.2. The van der Waals surface area contributed by atoms with E-state index in [0.29, 0.717) is 31.4 Å². The van der Waals surface area contributed by atoms with Crippen LogP contribution in [0, 0.1) is 5.92 Å². The Balaban J connectivity index is 1.39. The topological polar surface area (TPSA) is 67.7 Å². The van der Waals surface area contributed by atoms with Crippen LogP contribution in [-0.2, 0) is 24.3 Å². The third-order valence-electron chi connectivity index (χ3n) is 6.43. The Hall–Kier alpha value is -2.76. The van der Waals surface area contributed by atoms with Crippen molar-refractivity contribution in [3.05, 3.63) is 52.3 Å². The van der Waals surface area contributed by atoms with Crippen molar-refractivity contribution in [3.63, 3.8) is 0 Å². The molecule has 0 bridgehead atoms. The van der Waals surface area contributed by atoms with Gasteiger partial charge in [-0.15, -0.1) is 0 Å². The fraction of sp³-hybridized carbons (Fsp3) is 0.478. The van der Waals surface area contributed by atoms with Crippen LogP contribution in [0.15, 0.2) is 29.5 Å². The largest absolute Gasteiger partial charge is 0.467 e. The molecule has 0 atom stereocenters. The average molecular weight is 390 g/mol. The molecule has 0 unspecified atom stereocenters. The summed E-state index contributed by atoms with van der Waals surface area (Å²) in [6, 6.07) is 4.78. The smallest absolute Gasteiger partial charge is 0.316 e. The number of fused-ring (bicyclic) bond motifs is 2. The van der Waals surface area contributed by atoms with E-state index >= 15 is 0 Å². The van der Waals surface area contributed by atoms with Crippen molar-refractivity contribution < 1.29 is 9.53 Å². The third kappa shape index (κ3) is 3.52. The van der Waals surface area contributed by atoms with Crippen LogP contribution in [0.25, 0.3) is 0 Å². The number of nitrogens with zero attached hydrogens (tertiary/aromatic N) is 4. The molecule has 1 saturated carbocycles. The van der Waals surface area contributed by atoms with Gasteiger partial charge < -0.3 is 9.64 Å². The van der Waals surface area contributed by atoms with Crippen LogP contribution in [0.2, 0.25) is 0 Å². The lowest BCUT2D eigenvalue weighted by molar-refractivity contribution is -0.132. The molecule has 0 saturated heterocycles. The molecule has 0 N–H and O–H groups in total. The van der Waals surface area contributed by atoms with E-state index < -0.39 is 0 Å². The standard InChI is InChI=1S/C23H26N4O2/c1-29-23-25-11-19(12-26-23)22-20-8-18-14-27(13-15-5-3-2-4-6-15)21(28)9-16(18)7-17(20)10-24-22/h7-8,11-12,15H,2-6,9-10,13-14H2,1H3. The summed E-state index contributed by atoms with van der Waals surface area (Å²) in [5.41, 5.74) is 6.57. The summed E-state index contributed by atoms with van der Waals surface area (Å²) >= 11 is 0. The van der Waals surface area contributed by atoms with Crippen LogP contribution in [0.3, 0.4) is 0 Å². The minimum absolute atomic E-state index is 0.269. The van der Waals surface area contributed by atoms with Gasteiger partial charge in [0.05, 0.1) is 25.8 Å². The summed E-state index contributed by atoms with van der Waals surface area (Å²) in [4.78, 5) is 28.0. The normalized spacial score (nSPS) is 19.0. The number of hydrogen-bond acceptors (Lipinski definition) is 5. The predicted octanol–water partition coefficient (Wildman–Crippen LogP) is 3.30. The molecule has 2 aliphatic heterocycles. The molecule has 150 valence electrons. The number of carbonyl (C=O) groups excluding carboxylic acids is 1. The molecule has 2 aromatic rings. The van der Waals surface area contributed by atoms with Gasteiger partial charge in [-0.25, -0.2) is 9.97 Å². The van der Waals surface area contributed by atoms with Gasteiger partial charge in [0.15, 0.2) is 0 Å². The van der Waals surface area contributed by atoms with Crippen LogP contribution in [0.1, 0.15) is 59.9 Å². The highest BCUT2D eigenvalue weighted by Crippen LogP contribution is 2.31. The van der Waals surface area contributed by atoms with E-state index in [9.17, 15) is 4.79 Å². The second-order valence-electron chi connectivity index (χ2n) is 8.36.